The molecule has 0 unspecified atom stereocenters. The van der Waals surface area contributed by atoms with Crippen LogP contribution in [-0.2, 0) is 4.74 Å². The van der Waals surface area contributed by atoms with Crippen LogP contribution >= 0.6 is 22.9 Å². The molecule has 0 aliphatic rings. The fourth-order valence-electron chi connectivity index (χ4n) is 1.52. The highest BCUT2D eigenvalue weighted by atomic mass is 35.5. The fraction of sp³-hybridized carbons (Fsp3) is 0.167. The lowest BCUT2D eigenvalue weighted by atomic mass is 10.1. The molecule has 17 heavy (non-hydrogen) atoms. The van der Waals surface area contributed by atoms with Crippen LogP contribution in [0.15, 0.2) is 23.6 Å². The number of nitrogens with zero attached hydrogens (tertiary/aromatic N) is 1. The SMILES string of the molecule is COC(=O)c1scc(-c2cccc(Cl)n2)c1C. The maximum absolute atomic E-state index is 11.5. The van der Waals surface area contributed by atoms with Crippen LogP contribution in [0.5, 0.6) is 0 Å². The van der Waals surface area contributed by atoms with Gasteiger partial charge in [-0.15, -0.1) is 11.3 Å². The van der Waals surface area contributed by atoms with E-state index in [-0.39, 0.29) is 5.97 Å². The van der Waals surface area contributed by atoms with Crippen molar-refractivity contribution in [3.8, 4) is 11.3 Å². The molecule has 0 fully saturated rings. The average Bonchev–Trinajstić information content (AvgIpc) is 2.70. The maximum atomic E-state index is 11.5. The summed E-state index contributed by atoms with van der Waals surface area (Å²) in [5.41, 5.74) is 2.55. The number of aromatic nitrogens is 1. The number of esters is 1. The zero-order valence-electron chi connectivity index (χ0n) is 9.36. The molecule has 3 nitrogen and oxygen atoms in total. The van der Waals surface area contributed by atoms with Gasteiger partial charge in [-0.2, -0.15) is 0 Å². The third kappa shape index (κ3) is 2.33. The predicted octanol–water partition coefficient (Wildman–Crippen LogP) is 3.56. The molecule has 0 saturated carbocycles. The summed E-state index contributed by atoms with van der Waals surface area (Å²) >= 11 is 7.20. The van der Waals surface area contributed by atoms with E-state index in [0.29, 0.717) is 10.0 Å². The van der Waals surface area contributed by atoms with E-state index < -0.39 is 0 Å². The molecule has 0 bridgehead atoms. The summed E-state index contributed by atoms with van der Waals surface area (Å²) in [7, 11) is 1.37. The predicted molar refractivity (Wildman–Crippen MR) is 68.6 cm³/mol. The van der Waals surface area contributed by atoms with Crippen molar-refractivity contribution in [2.45, 2.75) is 6.92 Å². The standard InChI is InChI=1S/C12H10ClNO2S/c1-7-8(6-17-11(7)12(15)16-2)9-4-3-5-10(13)14-9/h3-6H,1-2H3. The Kier molecular flexibility index (Phi) is 3.45. The highest BCUT2D eigenvalue weighted by Gasteiger charge is 2.16. The van der Waals surface area contributed by atoms with Crippen LogP contribution in [0, 0.1) is 6.92 Å². The van der Waals surface area contributed by atoms with E-state index in [0.717, 1.165) is 16.8 Å². The van der Waals surface area contributed by atoms with Gasteiger partial charge in [-0.1, -0.05) is 17.7 Å². The van der Waals surface area contributed by atoms with E-state index in [1.54, 1.807) is 6.07 Å². The Balaban J connectivity index is 2.48. The number of rotatable bonds is 2. The van der Waals surface area contributed by atoms with Gasteiger partial charge in [0, 0.05) is 10.9 Å². The minimum Gasteiger partial charge on any atom is -0.465 e. The summed E-state index contributed by atoms with van der Waals surface area (Å²) in [5.74, 6) is -0.319. The number of thiophene rings is 1. The molecule has 2 aromatic rings. The lowest BCUT2D eigenvalue weighted by molar-refractivity contribution is 0.0605. The van der Waals surface area contributed by atoms with Crippen LogP contribution in [0.3, 0.4) is 0 Å². The van der Waals surface area contributed by atoms with Crippen LogP contribution in [0.25, 0.3) is 11.3 Å². The topological polar surface area (TPSA) is 39.2 Å². The minimum atomic E-state index is -0.319. The molecule has 0 atom stereocenters. The monoisotopic (exact) mass is 267 g/mol. The molecule has 0 aromatic carbocycles. The second kappa shape index (κ2) is 4.85. The van der Waals surface area contributed by atoms with Gasteiger partial charge in [0.1, 0.15) is 10.0 Å². The number of ether oxygens (including phenoxy) is 1. The van der Waals surface area contributed by atoms with Gasteiger partial charge in [0.05, 0.1) is 12.8 Å². The number of hydrogen-bond acceptors (Lipinski definition) is 4. The van der Waals surface area contributed by atoms with Crippen molar-refractivity contribution in [2.75, 3.05) is 7.11 Å². The second-order valence-corrected chi connectivity index (χ2v) is 4.71. The number of hydrogen-bond donors (Lipinski definition) is 0. The van der Waals surface area contributed by atoms with E-state index in [1.807, 2.05) is 24.4 Å². The van der Waals surface area contributed by atoms with E-state index in [2.05, 4.69) is 4.98 Å². The zero-order chi connectivity index (χ0) is 12.4. The molecular formula is C12H10ClNO2S. The maximum Gasteiger partial charge on any atom is 0.348 e. The van der Waals surface area contributed by atoms with Gasteiger partial charge >= 0.3 is 5.97 Å². The summed E-state index contributed by atoms with van der Waals surface area (Å²) in [5, 5.41) is 2.33. The largest absolute Gasteiger partial charge is 0.465 e. The van der Waals surface area contributed by atoms with E-state index in [1.165, 1.54) is 18.4 Å². The molecule has 2 rings (SSSR count). The minimum absolute atomic E-state index is 0.319. The summed E-state index contributed by atoms with van der Waals surface area (Å²) in [6.45, 7) is 1.88. The Morgan fingerprint density at radius 3 is 2.88 bits per heavy atom. The first-order chi connectivity index (χ1) is 8.13. The third-order valence-corrected chi connectivity index (χ3v) is 3.67. The Morgan fingerprint density at radius 1 is 1.47 bits per heavy atom. The highest BCUT2D eigenvalue weighted by molar-refractivity contribution is 7.12. The smallest absolute Gasteiger partial charge is 0.348 e. The zero-order valence-corrected chi connectivity index (χ0v) is 10.9. The molecule has 0 amide bonds. The van der Waals surface area contributed by atoms with E-state index >= 15 is 0 Å². The highest BCUT2D eigenvalue weighted by Crippen LogP contribution is 2.30. The quantitative estimate of drug-likeness (QED) is 0.617. The number of carbonyl (C=O) groups excluding carboxylic acids is 1. The first-order valence-electron chi connectivity index (χ1n) is 4.93. The van der Waals surface area contributed by atoms with Gasteiger partial charge in [-0.3, -0.25) is 0 Å². The van der Waals surface area contributed by atoms with Gasteiger partial charge < -0.3 is 4.74 Å². The molecule has 0 spiro atoms. The van der Waals surface area contributed by atoms with Crippen molar-refractivity contribution in [3.63, 3.8) is 0 Å². The average molecular weight is 268 g/mol. The van der Waals surface area contributed by atoms with Crippen LogP contribution in [0.4, 0.5) is 0 Å². The van der Waals surface area contributed by atoms with Crippen LogP contribution in [-0.4, -0.2) is 18.1 Å². The Morgan fingerprint density at radius 2 is 2.24 bits per heavy atom. The molecule has 2 aromatic heterocycles. The summed E-state index contributed by atoms with van der Waals surface area (Å²) in [6, 6.07) is 5.41. The molecule has 0 N–H and O–H groups in total. The van der Waals surface area contributed by atoms with Crippen molar-refractivity contribution in [1.82, 2.24) is 4.98 Å². The van der Waals surface area contributed by atoms with Crippen LogP contribution in [0.1, 0.15) is 15.2 Å². The number of carbonyl (C=O) groups is 1. The Hall–Kier alpha value is -1.39. The van der Waals surface area contributed by atoms with Gasteiger partial charge in [-0.25, -0.2) is 9.78 Å². The van der Waals surface area contributed by atoms with E-state index in [9.17, 15) is 4.79 Å². The lowest BCUT2D eigenvalue weighted by Crippen LogP contribution is -2.00. The molecule has 5 heteroatoms. The van der Waals surface area contributed by atoms with Gasteiger partial charge in [0.15, 0.2) is 0 Å². The lowest BCUT2D eigenvalue weighted by Gasteiger charge is -2.01. The van der Waals surface area contributed by atoms with Crippen molar-refractivity contribution < 1.29 is 9.53 Å². The molecule has 0 aliphatic heterocycles. The first-order valence-corrected chi connectivity index (χ1v) is 6.18. The molecule has 0 radical (unpaired) electrons. The number of halogens is 1. The molecular weight excluding hydrogens is 258 g/mol. The number of methoxy groups -OCH3 is 1. The summed E-state index contributed by atoms with van der Waals surface area (Å²) in [6.07, 6.45) is 0. The van der Waals surface area contributed by atoms with E-state index in [4.69, 9.17) is 16.3 Å². The van der Waals surface area contributed by atoms with Crippen LogP contribution in [0.2, 0.25) is 5.15 Å². The third-order valence-electron chi connectivity index (χ3n) is 2.40. The van der Waals surface area contributed by atoms with Gasteiger partial charge in [0.2, 0.25) is 0 Å². The normalized spacial score (nSPS) is 10.3. The van der Waals surface area contributed by atoms with Gasteiger partial charge in [-0.05, 0) is 24.6 Å². The molecule has 2 heterocycles. The van der Waals surface area contributed by atoms with Crippen LogP contribution < -0.4 is 0 Å². The van der Waals surface area contributed by atoms with Crippen molar-refractivity contribution >= 4 is 28.9 Å². The fourth-order valence-corrected chi connectivity index (χ4v) is 2.68. The summed E-state index contributed by atoms with van der Waals surface area (Å²) < 4.78 is 4.72. The molecule has 0 aliphatic carbocycles. The first kappa shape index (κ1) is 12.1. The van der Waals surface area contributed by atoms with Gasteiger partial charge in [0.25, 0.3) is 0 Å². The molecule has 0 saturated heterocycles. The Labute approximate surface area is 108 Å². The second-order valence-electron chi connectivity index (χ2n) is 3.44. The summed E-state index contributed by atoms with van der Waals surface area (Å²) in [4.78, 5) is 16.3. The Bertz CT molecular complexity index is 565. The van der Waals surface area contributed by atoms with Crippen molar-refractivity contribution in [1.29, 1.82) is 0 Å². The van der Waals surface area contributed by atoms with Crippen molar-refractivity contribution in [3.05, 3.63) is 39.2 Å². The number of pyridine rings is 1. The molecule has 88 valence electrons. The van der Waals surface area contributed by atoms with Crippen molar-refractivity contribution in [2.24, 2.45) is 0 Å².